The van der Waals surface area contributed by atoms with Crippen molar-refractivity contribution in [2.75, 3.05) is 31.4 Å². The van der Waals surface area contributed by atoms with Gasteiger partial charge in [-0.2, -0.15) is 9.78 Å². The first-order valence-electron chi connectivity index (χ1n) is 9.05. The summed E-state index contributed by atoms with van der Waals surface area (Å²) in [6, 6.07) is 15.0. The fourth-order valence-electron chi connectivity index (χ4n) is 2.94. The fraction of sp³-hybridized carbons (Fsp3) is 0.190. The molecule has 0 spiro atoms. The number of thiazole rings is 1. The minimum absolute atomic E-state index is 0.195. The molecule has 0 bridgehead atoms. The summed E-state index contributed by atoms with van der Waals surface area (Å²) in [6.45, 7) is 1.88. The number of hydrogen-bond acceptors (Lipinski definition) is 6. The van der Waals surface area contributed by atoms with Crippen LogP contribution in [-0.2, 0) is 0 Å². The second-order valence-electron chi connectivity index (χ2n) is 6.81. The molecule has 0 aliphatic heterocycles. The molecule has 4 rings (SSSR count). The third kappa shape index (κ3) is 3.79. The first kappa shape index (κ1) is 18.9. The van der Waals surface area contributed by atoms with Gasteiger partial charge in [0.05, 0.1) is 23.0 Å². The molecule has 7 nitrogen and oxygen atoms in total. The molecule has 4 aromatic rings. The van der Waals surface area contributed by atoms with Gasteiger partial charge in [-0.25, -0.2) is 4.98 Å². The monoisotopic (exact) mass is 407 g/mol. The van der Waals surface area contributed by atoms with E-state index in [0.29, 0.717) is 16.5 Å². The second-order valence-corrected chi connectivity index (χ2v) is 7.82. The van der Waals surface area contributed by atoms with Crippen LogP contribution in [0, 0.1) is 6.92 Å². The Bertz CT molecular complexity index is 1180. The number of fused-ring (bicyclic) bond motifs is 1. The van der Waals surface area contributed by atoms with Gasteiger partial charge in [-0.1, -0.05) is 11.3 Å². The van der Waals surface area contributed by atoms with Gasteiger partial charge >= 0.3 is 0 Å². The largest absolute Gasteiger partial charge is 0.497 e. The molecule has 0 unspecified atom stereocenters. The van der Waals surface area contributed by atoms with Gasteiger partial charge in [0, 0.05) is 31.4 Å². The van der Waals surface area contributed by atoms with Gasteiger partial charge in [0.1, 0.15) is 11.6 Å². The Labute approximate surface area is 172 Å². The summed E-state index contributed by atoms with van der Waals surface area (Å²) < 4.78 is 7.94. The topological polar surface area (TPSA) is 72.3 Å². The molecule has 0 aliphatic carbocycles. The minimum Gasteiger partial charge on any atom is -0.497 e. The molecule has 0 radical (unpaired) electrons. The highest BCUT2D eigenvalue weighted by molar-refractivity contribution is 7.20. The number of aryl methyl sites for hydroxylation is 1. The van der Waals surface area contributed by atoms with E-state index in [0.717, 1.165) is 27.3 Å². The van der Waals surface area contributed by atoms with E-state index in [1.807, 2.05) is 74.4 Å². The number of methoxy groups -OCH3 is 1. The van der Waals surface area contributed by atoms with E-state index < -0.39 is 0 Å². The Hall–Kier alpha value is -3.39. The summed E-state index contributed by atoms with van der Waals surface area (Å²) in [4.78, 5) is 19.4. The molecule has 1 amide bonds. The lowest BCUT2D eigenvalue weighted by Gasteiger charge is -2.12. The van der Waals surface area contributed by atoms with E-state index >= 15 is 0 Å². The number of nitrogens with zero attached hydrogens (tertiary/aromatic N) is 4. The van der Waals surface area contributed by atoms with E-state index in [4.69, 9.17) is 4.74 Å². The molecule has 0 atom stereocenters. The number of amides is 1. The first-order valence-corrected chi connectivity index (χ1v) is 9.86. The molecule has 2 aromatic heterocycles. The average molecular weight is 407 g/mol. The summed E-state index contributed by atoms with van der Waals surface area (Å²) >= 11 is 1.49. The molecule has 2 heterocycles. The highest BCUT2D eigenvalue weighted by Crippen LogP contribution is 2.30. The molecule has 2 aromatic carbocycles. The molecule has 148 valence electrons. The Morgan fingerprint density at radius 3 is 2.59 bits per heavy atom. The highest BCUT2D eigenvalue weighted by Gasteiger charge is 2.16. The lowest BCUT2D eigenvalue weighted by Crippen LogP contribution is -2.15. The number of aromatic nitrogens is 3. The smallest absolute Gasteiger partial charge is 0.256 e. The minimum atomic E-state index is -0.195. The van der Waals surface area contributed by atoms with E-state index in [2.05, 4.69) is 15.4 Å². The van der Waals surface area contributed by atoms with Crippen molar-refractivity contribution in [1.82, 2.24) is 14.8 Å². The Kier molecular flexibility index (Phi) is 4.94. The van der Waals surface area contributed by atoms with Gasteiger partial charge in [0.15, 0.2) is 0 Å². The van der Waals surface area contributed by atoms with Crippen LogP contribution in [0.1, 0.15) is 16.1 Å². The van der Waals surface area contributed by atoms with Crippen molar-refractivity contribution in [2.24, 2.45) is 0 Å². The van der Waals surface area contributed by atoms with Crippen LogP contribution in [0.5, 0.6) is 5.75 Å². The zero-order valence-electron chi connectivity index (χ0n) is 16.6. The van der Waals surface area contributed by atoms with E-state index in [9.17, 15) is 4.79 Å². The molecule has 0 aliphatic rings. The zero-order chi connectivity index (χ0) is 20.5. The number of hydrogen-bond donors (Lipinski definition) is 1. The molecule has 0 saturated carbocycles. The lowest BCUT2D eigenvalue weighted by molar-refractivity contribution is 0.102. The molecular formula is C21H21N5O2S. The quantitative estimate of drug-likeness (QED) is 0.539. The predicted molar refractivity (Wildman–Crippen MR) is 117 cm³/mol. The van der Waals surface area contributed by atoms with Crippen LogP contribution < -0.4 is 15.0 Å². The lowest BCUT2D eigenvalue weighted by atomic mass is 10.2. The van der Waals surface area contributed by atoms with Gasteiger partial charge in [-0.3, -0.25) is 4.79 Å². The number of anilines is 2. The van der Waals surface area contributed by atoms with Crippen molar-refractivity contribution in [3.8, 4) is 10.9 Å². The molecule has 0 fully saturated rings. The maximum atomic E-state index is 12.7. The van der Waals surface area contributed by atoms with Crippen LogP contribution in [0.15, 0.2) is 48.5 Å². The number of rotatable bonds is 5. The van der Waals surface area contributed by atoms with E-state index in [-0.39, 0.29) is 5.91 Å². The number of benzene rings is 2. The number of carbonyl (C=O) groups excluding carboxylic acids is 1. The van der Waals surface area contributed by atoms with Gasteiger partial charge < -0.3 is 15.0 Å². The number of nitrogens with one attached hydrogen (secondary N) is 1. The standard InChI is InChI=1S/C21H21N5O2S/c1-13-11-19(23-20(27)14-5-7-15(8-6-14)25(2)3)26(24-13)21-22-17-10-9-16(28-4)12-18(17)29-21/h5-12H,1-4H3,(H,23,27). The molecule has 8 heteroatoms. The summed E-state index contributed by atoms with van der Waals surface area (Å²) in [5, 5.41) is 8.15. The highest BCUT2D eigenvalue weighted by atomic mass is 32.1. The zero-order valence-corrected chi connectivity index (χ0v) is 17.4. The second kappa shape index (κ2) is 7.56. The van der Waals surface area contributed by atoms with Crippen molar-refractivity contribution < 1.29 is 9.53 Å². The van der Waals surface area contributed by atoms with Crippen LogP contribution in [0.4, 0.5) is 11.5 Å². The predicted octanol–water partition coefficient (Wildman–Crippen LogP) is 4.12. The maximum absolute atomic E-state index is 12.7. The first-order chi connectivity index (χ1) is 13.9. The average Bonchev–Trinajstić information content (AvgIpc) is 3.30. The van der Waals surface area contributed by atoms with Crippen molar-refractivity contribution in [3.05, 3.63) is 59.8 Å². The SMILES string of the molecule is COc1ccc2nc(-n3nc(C)cc3NC(=O)c3ccc(N(C)C)cc3)sc2c1. The third-order valence-corrected chi connectivity index (χ3v) is 5.48. The van der Waals surface area contributed by atoms with E-state index in [1.165, 1.54) is 11.3 Å². The van der Waals surface area contributed by atoms with Gasteiger partial charge in [0.2, 0.25) is 5.13 Å². The summed E-state index contributed by atoms with van der Waals surface area (Å²) in [5.41, 5.74) is 3.26. The van der Waals surface area contributed by atoms with Gasteiger partial charge in [-0.05, 0) is 49.4 Å². The number of carbonyl (C=O) groups is 1. The van der Waals surface area contributed by atoms with Crippen LogP contribution in [0.25, 0.3) is 15.3 Å². The Morgan fingerprint density at radius 1 is 1.14 bits per heavy atom. The third-order valence-electron chi connectivity index (χ3n) is 4.48. The van der Waals surface area contributed by atoms with Crippen LogP contribution in [0.3, 0.4) is 0 Å². The van der Waals surface area contributed by atoms with E-state index in [1.54, 1.807) is 11.8 Å². The summed E-state index contributed by atoms with van der Waals surface area (Å²) in [5.74, 6) is 1.16. The molecule has 1 N–H and O–H groups in total. The van der Waals surface area contributed by atoms with Crippen molar-refractivity contribution in [3.63, 3.8) is 0 Å². The van der Waals surface area contributed by atoms with Gasteiger partial charge in [-0.15, -0.1) is 0 Å². The van der Waals surface area contributed by atoms with Crippen LogP contribution in [0.2, 0.25) is 0 Å². The summed E-state index contributed by atoms with van der Waals surface area (Å²) in [6.07, 6.45) is 0. The summed E-state index contributed by atoms with van der Waals surface area (Å²) in [7, 11) is 5.56. The van der Waals surface area contributed by atoms with Crippen molar-refractivity contribution in [2.45, 2.75) is 6.92 Å². The molecule has 29 heavy (non-hydrogen) atoms. The Balaban J connectivity index is 1.64. The fourth-order valence-corrected chi connectivity index (χ4v) is 3.90. The molecule has 0 saturated heterocycles. The number of ether oxygens (including phenoxy) is 1. The molecular weight excluding hydrogens is 386 g/mol. The Morgan fingerprint density at radius 2 is 1.90 bits per heavy atom. The van der Waals surface area contributed by atoms with Crippen molar-refractivity contribution in [1.29, 1.82) is 0 Å². The van der Waals surface area contributed by atoms with Crippen LogP contribution >= 0.6 is 11.3 Å². The van der Waals surface area contributed by atoms with Crippen LogP contribution in [-0.4, -0.2) is 41.9 Å². The van der Waals surface area contributed by atoms with Crippen molar-refractivity contribution >= 4 is 39.0 Å². The maximum Gasteiger partial charge on any atom is 0.256 e. The van der Waals surface area contributed by atoms with Gasteiger partial charge in [0.25, 0.3) is 5.91 Å². The normalized spacial score (nSPS) is 10.9.